The number of hydrogen-bond acceptors (Lipinski definition) is 4. The molecular formula is C13H16BrN3S. The van der Waals surface area contributed by atoms with E-state index in [1.54, 1.807) is 17.5 Å². The molecule has 0 spiro atoms. The lowest BCUT2D eigenvalue weighted by atomic mass is 9.93. The number of halogens is 1. The van der Waals surface area contributed by atoms with Crippen molar-refractivity contribution >= 4 is 33.0 Å². The molecule has 96 valence electrons. The Morgan fingerprint density at radius 2 is 2.11 bits per heavy atom. The lowest BCUT2D eigenvalue weighted by Gasteiger charge is -2.14. The fraction of sp³-hybridized carbons (Fsp3) is 0.385. The van der Waals surface area contributed by atoms with Gasteiger partial charge in [0.15, 0.2) is 0 Å². The van der Waals surface area contributed by atoms with Crippen molar-refractivity contribution in [3.05, 3.63) is 39.0 Å². The highest BCUT2D eigenvalue weighted by Gasteiger charge is 2.17. The summed E-state index contributed by atoms with van der Waals surface area (Å²) >= 11 is 5.10. The second-order valence-electron chi connectivity index (χ2n) is 5.12. The van der Waals surface area contributed by atoms with Crippen molar-refractivity contribution in [3.8, 4) is 0 Å². The minimum atomic E-state index is 0.117. The molecule has 0 radical (unpaired) electrons. The van der Waals surface area contributed by atoms with Gasteiger partial charge in [0.05, 0.1) is 24.1 Å². The van der Waals surface area contributed by atoms with Crippen LogP contribution in [0, 0.1) is 0 Å². The fourth-order valence-corrected chi connectivity index (χ4v) is 2.75. The number of nitrogens with one attached hydrogen (secondary N) is 1. The molecule has 2 aromatic heterocycles. The predicted octanol–water partition coefficient (Wildman–Crippen LogP) is 4.21. The van der Waals surface area contributed by atoms with Crippen LogP contribution in [0.2, 0.25) is 0 Å². The second kappa shape index (κ2) is 5.36. The molecule has 0 fully saturated rings. The van der Waals surface area contributed by atoms with E-state index in [0.717, 1.165) is 27.4 Å². The van der Waals surface area contributed by atoms with Crippen molar-refractivity contribution in [2.75, 3.05) is 5.32 Å². The molecule has 0 aliphatic heterocycles. The molecule has 0 bridgehead atoms. The van der Waals surface area contributed by atoms with Crippen LogP contribution in [0.3, 0.4) is 0 Å². The molecule has 2 aromatic rings. The number of thiazole rings is 1. The quantitative estimate of drug-likeness (QED) is 0.918. The first-order valence-corrected chi connectivity index (χ1v) is 7.42. The molecule has 0 unspecified atom stereocenters. The van der Waals surface area contributed by atoms with E-state index in [2.05, 4.69) is 57.4 Å². The summed E-state index contributed by atoms with van der Waals surface area (Å²) in [6.07, 6.45) is 3.58. The normalized spacial score (nSPS) is 11.6. The molecule has 2 heterocycles. The maximum Gasteiger partial charge on any atom is 0.112 e. The minimum absolute atomic E-state index is 0.117. The number of nitrogens with zero attached hydrogens (tertiary/aromatic N) is 2. The molecule has 0 atom stereocenters. The van der Waals surface area contributed by atoms with Gasteiger partial charge in [-0.1, -0.05) is 20.8 Å². The van der Waals surface area contributed by atoms with E-state index in [4.69, 9.17) is 0 Å². The highest BCUT2D eigenvalue weighted by molar-refractivity contribution is 9.10. The highest BCUT2D eigenvalue weighted by atomic mass is 79.9. The molecule has 0 saturated heterocycles. The van der Waals surface area contributed by atoms with Crippen molar-refractivity contribution in [1.29, 1.82) is 0 Å². The Kier molecular flexibility index (Phi) is 4.02. The Hall–Kier alpha value is -0.940. The fourth-order valence-electron chi connectivity index (χ4n) is 1.42. The number of rotatable bonds is 3. The Morgan fingerprint density at radius 1 is 1.33 bits per heavy atom. The Bertz CT molecular complexity index is 531. The molecule has 0 aliphatic carbocycles. The molecule has 0 aliphatic rings. The summed E-state index contributed by atoms with van der Waals surface area (Å²) in [6, 6.07) is 2.01. The van der Waals surface area contributed by atoms with E-state index in [0.29, 0.717) is 0 Å². The molecule has 3 nitrogen and oxygen atoms in total. The van der Waals surface area contributed by atoms with E-state index < -0.39 is 0 Å². The van der Waals surface area contributed by atoms with Gasteiger partial charge in [-0.2, -0.15) is 0 Å². The van der Waals surface area contributed by atoms with Crippen molar-refractivity contribution in [2.45, 2.75) is 32.7 Å². The van der Waals surface area contributed by atoms with Crippen LogP contribution >= 0.6 is 27.3 Å². The summed E-state index contributed by atoms with van der Waals surface area (Å²) in [5.41, 5.74) is 2.26. The van der Waals surface area contributed by atoms with Crippen LogP contribution in [0.5, 0.6) is 0 Å². The second-order valence-corrected chi connectivity index (χ2v) is 6.98. The predicted molar refractivity (Wildman–Crippen MR) is 80.1 cm³/mol. The van der Waals surface area contributed by atoms with Gasteiger partial charge in [0.2, 0.25) is 0 Å². The molecular weight excluding hydrogens is 310 g/mol. The van der Waals surface area contributed by atoms with E-state index in [9.17, 15) is 0 Å². The summed E-state index contributed by atoms with van der Waals surface area (Å²) in [4.78, 5) is 8.76. The Morgan fingerprint density at radius 3 is 2.72 bits per heavy atom. The van der Waals surface area contributed by atoms with Crippen molar-refractivity contribution in [1.82, 2.24) is 9.97 Å². The highest BCUT2D eigenvalue weighted by Crippen LogP contribution is 2.24. The summed E-state index contributed by atoms with van der Waals surface area (Å²) < 4.78 is 0.974. The first-order chi connectivity index (χ1) is 8.45. The standard InChI is InChI=1S/C13H16BrN3S/c1-13(2,3)11-8-18-12(17-11)7-16-10-4-9(14)5-15-6-10/h4-6,8,16H,7H2,1-3H3. The van der Waals surface area contributed by atoms with Gasteiger partial charge in [-0.05, 0) is 22.0 Å². The SMILES string of the molecule is CC(C)(C)c1csc(CNc2cncc(Br)c2)n1. The van der Waals surface area contributed by atoms with Gasteiger partial charge in [0, 0.05) is 21.5 Å². The summed E-state index contributed by atoms with van der Waals surface area (Å²) in [7, 11) is 0. The van der Waals surface area contributed by atoms with Crippen LogP contribution < -0.4 is 5.32 Å². The van der Waals surface area contributed by atoms with Crippen LogP contribution in [0.4, 0.5) is 5.69 Å². The monoisotopic (exact) mass is 325 g/mol. The summed E-state index contributed by atoms with van der Waals surface area (Å²) in [5.74, 6) is 0. The first-order valence-electron chi connectivity index (χ1n) is 5.74. The molecule has 1 N–H and O–H groups in total. The Balaban J connectivity index is 2.01. The largest absolute Gasteiger partial charge is 0.377 e. The van der Waals surface area contributed by atoms with Crippen molar-refractivity contribution in [2.24, 2.45) is 0 Å². The van der Waals surface area contributed by atoms with Crippen molar-refractivity contribution in [3.63, 3.8) is 0 Å². The minimum Gasteiger partial charge on any atom is -0.377 e. The maximum atomic E-state index is 4.64. The van der Waals surface area contributed by atoms with Gasteiger partial charge >= 0.3 is 0 Å². The number of pyridine rings is 1. The lowest BCUT2D eigenvalue weighted by molar-refractivity contribution is 0.571. The van der Waals surface area contributed by atoms with Crippen LogP contribution in [0.1, 0.15) is 31.5 Å². The number of aromatic nitrogens is 2. The topological polar surface area (TPSA) is 37.8 Å². The van der Waals surface area contributed by atoms with Gasteiger partial charge in [-0.3, -0.25) is 4.98 Å². The first kappa shape index (κ1) is 13.5. The van der Waals surface area contributed by atoms with E-state index >= 15 is 0 Å². The number of hydrogen-bond donors (Lipinski definition) is 1. The van der Waals surface area contributed by atoms with Crippen LogP contribution in [0.15, 0.2) is 28.3 Å². The Labute approximate surface area is 120 Å². The molecule has 18 heavy (non-hydrogen) atoms. The maximum absolute atomic E-state index is 4.64. The zero-order chi connectivity index (χ0) is 13.2. The average Bonchev–Trinajstić information content (AvgIpc) is 2.74. The van der Waals surface area contributed by atoms with Crippen molar-refractivity contribution < 1.29 is 0 Å². The van der Waals surface area contributed by atoms with Crippen LogP contribution in [-0.2, 0) is 12.0 Å². The molecule has 5 heteroatoms. The van der Waals surface area contributed by atoms with Gasteiger partial charge in [0.25, 0.3) is 0 Å². The van der Waals surface area contributed by atoms with Crippen LogP contribution in [-0.4, -0.2) is 9.97 Å². The molecule has 2 rings (SSSR count). The third kappa shape index (κ3) is 3.53. The zero-order valence-corrected chi connectivity index (χ0v) is 13.1. The molecule has 0 aromatic carbocycles. The molecule has 0 saturated carbocycles. The van der Waals surface area contributed by atoms with E-state index in [1.807, 2.05) is 12.3 Å². The third-order valence-electron chi connectivity index (χ3n) is 2.47. The van der Waals surface area contributed by atoms with E-state index in [1.165, 1.54) is 0 Å². The average molecular weight is 326 g/mol. The summed E-state index contributed by atoms with van der Waals surface area (Å²) in [6.45, 7) is 7.27. The van der Waals surface area contributed by atoms with Gasteiger partial charge in [-0.15, -0.1) is 11.3 Å². The third-order valence-corrected chi connectivity index (χ3v) is 3.75. The number of anilines is 1. The summed E-state index contributed by atoms with van der Waals surface area (Å²) in [5, 5.41) is 6.55. The van der Waals surface area contributed by atoms with E-state index in [-0.39, 0.29) is 5.41 Å². The van der Waals surface area contributed by atoms with Crippen LogP contribution in [0.25, 0.3) is 0 Å². The lowest BCUT2D eigenvalue weighted by Crippen LogP contribution is -2.11. The van der Waals surface area contributed by atoms with Gasteiger partial charge in [0.1, 0.15) is 5.01 Å². The van der Waals surface area contributed by atoms with Gasteiger partial charge < -0.3 is 5.32 Å². The zero-order valence-electron chi connectivity index (χ0n) is 10.7. The van der Waals surface area contributed by atoms with Gasteiger partial charge in [-0.25, -0.2) is 4.98 Å². The smallest absolute Gasteiger partial charge is 0.112 e. The molecule has 0 amide bonds.